The summed E-state index contributed by atoms with van der Waals surface area (Å²) in [6.45, 7) is 6.46. The summed E-state index contributed by atoms with van der Waals surface area (Å²) in [4.78, 5) is 21.3. The number of carbonyl (C=O) groups excluding carboxylic acids is 1. The molecule has 126 valence electrons. The lowest BCUT2D eigenvalue weighted by atomic mass is 9.97. The fourth-order valence-corrected chi connectivity index (χ4v) is 3.17. The number of hydrogen-bond acceptors (Lipinski definition) is 3. The first-order chi connectivity index (χ1) is 11.7. The first-order valence-electron chi connectivity index (χ1n) is 8.67. The van der Waals surface area contributed by atoms with Crippen molar-refractivity contribution in [2.45, 2.75) is 25.8 Å². The minimum absolute atomic E-state index is 0.267. The molecule has 1 saturated heterocycles. The first-order valence-corrected chi connectivity index (χ1v) is 8.67. The second kappa shape index (κ2) is 8.06. The molecule has 0 aliphatic carbocycles. The van der Waals surface area contributed by atoms with Crippen LogP contribution in [0.25, 0.3) is 0 Å². The predicted molar refractivity (Wildman–Crippen MR) is 95.6 cm³/mol. The van der Waals surface area contributed by atoms with Gasteiger partial charge in [0.05, 0.1) is 5.69 Å². The number of aromatic nitrogens is 1. The molecule has 0 radical (unpaired) electrons. The molecule has 2 heterocycles. The van der Waals surface area contributed by atoms with Crippen molar-refractivity contribution in [1.29, 1.82) is 0 Å². The summed E-state index contributed by atoms with van der Waals surface area (Å²) in [6.07, 6.45) is 2.42. The molecule has 0 saturated carbocycles. The fraction of sp³-hybridized carbons (Fsp3) is 0.400. The highest BCUT2D eigenvalue weighted by Crippen LogP contribution is 2.20. The molecule has 3 rings (SSSR count). The van der Waals surface area contributed by atoms with Crippen LogP contribution in [0.15, 0.2) is 54.7 Å². The van der Waals surface area contributed by atoms with Crippen LogP contribution < -0.4 is 0 Å². The third-order valence-electron chi connectivity index (χ3n) is 4.69. The number of hydrogen-bond donors (Lipinski definition) is 0. The van der Waals surface area contributed by atoms with Gasteiger partial charge < -0.3 is 4.90 Å². The Morgan fingerprint density at radius 3 is 2.42 bits per heavy atom. The Morgan fingerprint density at radius 1 is 1.04 bits per heavy atom. The standard InChI is InChI=1S/C20H25N3O/c1-17(18-7-3-2-4-8-18)15-20(24)23-13-11-22(12-14-23)16-19-9-5-6-10-21-19/h2-10,17H,11-16H2,1H3. The summed E-state index contributed by atoms with van der Waals surface area (Å²) in [6, 6.07) is 16.3. The largest absolute Gasteiger partial charge is 0.340 e. The molecule has 1 aliphatic heterocycles. The van der Waals surface area contributed by atoms with Crippen LogP contribution in [0.3, 0.4) is 0 Å². The van der Waals surface area contributed by atoms with Crippen LogP contribution >= 0.6 is 0 Å². The van der Waals surface area contributed by atoms with Crippen molar-refractivity contribution in [2.24, 2.45) is 0 Å². The van der Waals surface area contributed by atoms with Crippen LogP contribution in [0.1, 0.15) is 30.5 Å². The Labute approximate surface area is 144 Å². The predicted octanol–water partition coefficient (Wildman–Crippen LogP) is 2.92. The lowest BCUT2D eigenvalue weighted by Crippen LogP contribution is -2.48. The van der Waals surface area contributed by atoms with Crippen LogP contribution in [0.2, 0.25) is 0 Å². The summed E-state index contributed by atoms with van der Waals surface area (Å²) in [5.41, 5.74) is 2.33. The monoisotopic (exact) mass is 323 g/mol. The quantitative estimate of drug-likeness (QED) is 0.849. The van der Waals surface area contributed by atoms with E-state index in [1.807, 2.05) is 41.4 Å². The van der Waals surface area contributed by atoms with Gasteiger partial charge in [0.1, 0.15) is 0 Å². The number of amides is 1. The van der Waals surface area contributed by atoms with E-state index in [4.69, 9.17) is 0 Å². The summed E-state index contributed by atoms with van der Waals surface area (Å²) >= 11 is 0. The van der Waals surface area contributed by atoms with E-state index in [0.717, 1.165) is 38.4 Å². The lowest BCUT2D eigenvalue weighted by molar-refractivity contribution is -0.133. The SMILES string of the molecule is CC(CC(=O)N1CCN(Cc2ccccn2)CC1)c1ccccc1. The highest BCUT2D eigenvalue weighted by molar-refractivity contribution is 5.77. The summed E-state index contributed by atoms with van der Waals surface area (Å²) < 4.78 is 0. The molecular formula is C20H25N3O. The van der Waals surface area contributed by atoms with Gasteiger partial charge in [-0.25, -0.2) is 0 Å². The van der Waals surface area contributed by atoms with Gasteiger partial charge in [-0.1, -0.05) is 43.3 Å². The van der Waals surface area contributed by atoms with E-state index in [1.165, 1.54) is 5.56 Å². The van der Waals surface area contributed by atoms with Crippen LogP contribution in [-0.2, 0) is 11.3 Å². The maximum atomic E-state index is 12.5. The molecule has 0 N–H and O–H groups in total. The maximum absolute atomic E-state index is 12.5. The van der Waals surface area contributed by atoms with E-state index in [0.29, 0.717) is 6.42 Å². The molecule has 1 fully saturated rings. The number of nitrogens with zero attached hydrogens (tertiary/aromatic N) is 3. The zero-order valence-corrected chi connectivity index (χ0v) is 14.3. The molecule has 0 bridgehead atoms. The minimum Gasteiger partial charge on any atom is -0.340 e. The molecule has 2 aromatic rings. The Morgan fingerprint density at radius 2 is 1.75 bits per heavy atom. The molecule has 0 spiro atoms. The molecule has 1 atom stereocenters. The zero-order valence-electron chi connectivity index (χ0n) is 14.3. The Balaban J connectivity index is 1.47. The highest BCUT2D eigenvalue weighted by atomic mass is 16.2. The third kappa shape index (κ3) is 4.42. The molecule has 1 amide bonds. The maximum Gasteiger partial charge on any atom is 0.223 e. The van der Waals surface area contributed by atoms with Gasteiger partial charge in [-0.3, -0.25) is 14.7 Å². The van der Waals surface area contributed by atoms with Crippen molar-refractivity contribution in [1.82, 2.24) is 14.8 Å². The number of carbonyl (C=O) groups is 1. The van der Waals surface area contributed by atoms with Gasteiger partial charge in [0.2, 0.25) is 5.91 Å². The summed E-state index contributed by atoms with van der Waals surface area (Å²) in [5, 5.41) is 0. The van der Waals surface area contributed by atoms with E-state index in [2.05, 4.69) is 35.0 Å². The first kappa shape index (κ1) is 16.7. The van der Waals surface area contributed by atoms with Gasteiger partial charge in [-0.2, -0.15) is 0 Å². The van der Waals surface area contributed by atoms with Gasteiger partial charge in [0.25, 0.3) is 0 Å². The molecule has 1 aliphatic rings. The fourth-order valence-electron chi connectivity index (χ4n) is 3.17. The lowest BCUT2D eigenvalue weighted by Gasteiger charge is -2.35. The number of pyridine rings is 1. The Hall–Kier alpha value is -2.20. The zero-order chi connectivity index (χ0) is 16.8. The van der Waals surface area contributed by atoms with Gasteiger partial charge in [-0.15, -0.1) is 0 Å². The highest BCUT2D eigenvalue weighted by Gasteiger charge is 2.22. The normalized spacial score (nSPS) is 16.8. The van der Waals surface area contributed by atoms with Crippen molar-refractivity contribution >= 4 is 5.91 Å². The smallest absolute Gasteiger partial charge is 0.223 e. The second-order valence-corrected chi connectivity index (χ2v) is 6.49. The van der Waals surface area contributed by atoms with Gasteiger partial charge in [0.15, 0.2) is 0 Å². The van der Waals surface area contributed by atoms with Crippen molar-refractivity contribution in [3.8, 4) is 0 Å². The number of rotatable bonds is 5. The summed E-state index contributed by atoms with van der Waals surface area (Å²) in [7, 11) is 0. The van der Waals surface area contributed by atoms with E-state index in [1.54, 1.807) is 0 Å². The number of benzene rings is 1. The Kier molecular flexibility index (Phi) is 5.59. The van der Waals surface area contributed by atoms with Crippen molar-refractivity contribution in [3.63, 3.8) is 0 Å². The molecule has 1 aromatic heterocycles. The van der Waals surface area contributed by atoms with Crippen LogP contribution in [-0.4, -0.2) is 46.9 Å². The van der Waals surface area contributed by atoms with Gasteiger partial charge in [0, 0.05) is 45.3 Å². The van der Waals surface area contributed by atoms with E-state index in [-0.39, 0.29) is 11.8 Å². The third-order valence-corrected chi connectivity index (χ3v) is 4.69. The molecule has 4 nitrogen and oxygen atoms in total. The Bertz CT molecular complexity index is 636. The molecule has 4 heteroatoms. The van der Waals surface area contributed by atoms with Crippen LogP contribution in [0.5, 0.6) is 0 Å². The summed E-state index contributed by atoms with van der Waals surface area (Å²) in [5.74, 6) is 0.536. The van der Waals surface area contributed by atoms with Crippen molar-refractivity contribution in [3.05, 3.63) is 66.0 Å². The second-order valence-electron chi connectivity index (χ2n) is 6.49. The average Bonchev–Trinajstić information content (AvgIpc) is 2.64. The topological polar surface area (TPSA) is 36.4 Å². The van der Waals surface area contributed by atoms with Gasteiger partial charge >= 0.3 is 0 Å². The molecule has 1 unspecified atom stereocenters. The minimum atomic E-state index is 0.267. The van der Waals surface area contributed by atoms with E-state index < -0.39 is 0 Å². The van der Waals surface area contributed by atoms with Crippen molar-refractivity contribution < 1.29 is 4.79 Å². The van der Waals surface area contributed by atoms with E-state index in [9.17, 15) is 4.79 Å². The molecular weight excluding hydrogens is 298 g/mol. The van der Waals surface area contributed by atoms with Crippen LogP contribution in [0, 0.1) is 0 Å². The average molecular weight is 323 g/mol. The van der Waals surface area contributed by atoms with Crippen molar-refractivity contribution in [2.75, 3.05) is 26.2 Å². The van der Waals surface area contributed by atoms with Crippen LogP contribution in [0.4, 0.5) is 0 Å². The van der Waals surface area contributed by atoms with E-state index >= 15 is 0 Å². The van der Waals surface area contributed by atoms with Gasteiger partial charge in [-0.05, 0) is 23.6 Å². The molecule has 1 aromatic carbocycles. The molecule has 24 heavy (non-hydrogen) atoms. The number of piperazine rings is 1.